The summed E-state index contributed by atoms with van der Waals surface area (Å²) < 4.78 is 32.3. The van der Waals surface area contributed by atoms with Crippen LogP contribution in [-0.4, -0.2) is 22.1 Å². The lowest BCUT2D eigenvalue weighted by Crippen LogP contribution is -2.31. The second-order valence-electron chi connectivity index (χ2n) is 4.96. The van der Waals surface area contributed by atoms with Gasteiger partial charge in [-0.3, -0.25) is 4.31 Å². The Labute approximate surface area is 142 Å². The summed E-state index contributed by atoms with van der Waals surface area (Å²) in [4.78, 5) is 0.103. The standard InChI is InChI=1S/C17H18ClNO3S/c1-4-10-19(14-7-5-6-13(2)11-14)23(20,21)15-8-9-17(22-3)16(18)12-15/h4-9,11-12H,1,10H2,2-3H3. The molecule has 2 aromatic rings. The number of rotatable bonds is 6. The summed E-state index contributed by atoms with van der Waals surface area (Å²) in [6.45, 7) is 5.72. The lowest BCUT2D eigenvalue weighted by molar-refractivity contribution is 0.414. The second-order valence-corrected chi connectivity index (χ2v) is 7.23. The minimum atomic E-state index is -3.76. The predicted octanol–water partition coefficient (Wildman–Crippen LogP) is 4.04. The lowest BCUT2D eigenvalue weighted by atomic mass is 10.2. The molecule has 2 aromatic carbocycles. The number of hydrogen-bond donors (Lipinski definition) is 0. The SMILES string of the molecule is C=CCN(c1cccc(C)c1)S(=O)(=O)c1ccc(OC)c(Cl)c1. The number of nitrogens with zero attached hydrogens (tertiary/aromatic N) is 1. The van der Waals surface area contributed by atoms with Crippen LogP contribution in [0.25, 0.3) is 0 Å². The number of hydrogen-bond acceptors (Lipinski definition) is 3. The molecule has 23 heavy (non-hydrogen) atoms. The van der Waals surface area contributed by atoms with Crippen LogP contribution in [0, 0.1) is 6.92 Å². The molecule has 0 heterocycles. The Morgan fingerprint density at radius 2 is 2.00 bits per heavy atom. The van der Waals surface area contributed by atoms with E-state index in [1.54, 1.807) is 12.1 Å². The Balaban J connectivity index is 2.53. The highest BCUT2D eigenvalue weighted by molar-refractivity contribution is 7.92. The van der Waals surface area contributed by atoms with Gasteiger partial charge in [0.2, 0.25) is 0 Å². The summed E-state index contributed by atoms with van der Waals surface area (Å²) in [7, 11) is -2.28. The molecular weight excluding hydrogens is 334 g/mol. The molecule has 0 radical (unpaired) electrons. The highest BCUT2D eigenvalue weighted by Crippen LogP contribution is 2.30. The maximum Gasteiger partial charge on any atom is 0.264 e. The zero-order valence-electron chi connectivity index (χ0n) is 13.0. The third-order valence-corrected chi connectivity index (χ3v) is 5.38. The summed E-state index contributed by atoms with van der Waals surface area (Å²) in [6.07, 6.45) is 1.55. The van der Waals surface area contributed by atoms with Crippen molar-refractivity contribution in [2.75, 3.05) is 18.0 Å². The molecule has 0 N–H and O–H groups in total. The van der Waals surface area contributed by atoms with Gasteiger partial charge >= 0.3 is 0 Å². The molecule has 2 rings (SSSR count). The second kappa shape index (κ2) is 7.06. The molecule has 6 heteroatoms. The fraction of sp³-hybridized carbons (Fsp3) is 0.176. The third kappa shape index (κ3) is 3.68. The van der Waals surface area contributed by atoms with Crippen LogP contribution in [0.15, 0.2) is 60.0 Å². The average molecular weight is 352 g/mol. The minimum absolute atomic E-state index is 0.103. The van der Waals surface area contributed by atoms with Crippen LogP contribution in [-0.2, 0) is 10.0 Å². The first kappa shape index (κ1) is 17.4. The van der Waals surface area contributed by atoms with Crippen molar-refractivity contribution in [1.82, 2.24) is 0 Å². The molecule has 0 bridgehead atoms. The first-order chi connectivity index (χ1) is 10.9. The topological polar surface area (TPSA) is 46.6 Å². The van der Waals surface area contributed by atoms with E-state index in [1.807, 2.05) is 25.1 Å². The molecule has 0 saturated heterocycles. The molecule has 0 saturated carbocycles. The van der Waals surface area contributed by atoms with Crippen molar-refractivity contribution < 1.29 is 13.2 Å². The number of anilines is 1. The Hall–Kier alpha value is -1.98. The summed E-state index contributed by atoms with van der Waals surface area (Å²) in [6, 6.07) is 11.7. The van der Waals surface area contributed by atoms with Gasteiger partial charge in [0.25, 0.3) is 10.0 Å². The largest absolute Gasteiger partial charge is 0.495 e. The van der Waals surface area contributed by atoms with Crippen molar-refractivity contribution in [3.8, 4) is 5.75 Å². The van der Waals surface area contributed by atoms with Gasteiger partial charge < -0.3 is 4.74 Å². The van der Waals surface area contributed by atoms with Crippen LogP contribution in [0.4, 0.5) is 5.69 Å². The molecule has 0 amide bonds. The maximum absolute atomic E-state index is 13.0. The maximum atomic E-state index is 13.0. The highest BCUT2D eigenvalue weighted by Gasteiger charge is 2.25. The van der Waals surface area contributed by atoms with Crippen molar-refractivity contribution in [3.05, 3.63) is 65.7 Å². The average Bonchev–Trinajstić information content (AvgIpc) is 2.52. The Morgan fingerprint density at radius 3 is 2.57 bits per heavy atom. The Bertz CT molecular complexity index is 818. The molecule has 4 nitrogen and oxygen atoms in total. The third-order valence-electron chi connectivity index (χ3n) is 3.30. The van der Waals surface area contributed by atoms with Gasteiger partial charge in [-0.05, 0) is 42.8 Å². The van der Waals surface area contributed by atoms with E-state index in [4.69, 9.17) is 16.3 Å². The van der Waals surface area contributed by atoms with Crippen molar-refractivity contribution in [2.45, 2.75) is 11.8 Å². The Kier molecular flexibility index (Phi) is 5.34. The van der Waals surface area contributed by atoms with Crippen molar-refractivity contribution >= 4 is 27.3 Å². The number of sulfonamides is 1. The van der Waals surface area contributed by atoms with E-state index in [2.05, 4.69) is 6.58 Å². The zero-order chi connectivity index (χ0) is 17.0. The molecule has 0 atom stereocenters. The van der Waals surface area contributed by atoms with Crippen LogP contribution in [0.1, 0.15) is 5.56 Å². The smallest absolute Gasteiger partial charge is 0.264 e. The number of methoxy groups -OCH3 is 1. The molecule has 0 aromatic heterocycles. The van der Waals surface area contributed by atoms with Crippen LogP contribution in [0.2, 0.25) is 5.02 Å². The quantitative estimate of drug-likeness (QED) is 0.738. The van der Waals surface area contributed by atoms with Crippen molar-refractivity contribution in [2.24, 2.45) is 0 Å². The van der Waals surface area contributed by atoms with Gasteiger partial charge in [0.05, 0.1) is 29.3 Å². The van der Waals surface area contributed by atoms with E-state index < -0.39 is 10.0 Å². The number of halogens is 1. The molecular formula is C17H18ClNO3S. The van der Waals surface area contributed by atoms with Gasteiger partial charge in [-0.2, -0.15) is 0 Å². The fourth-order valence-corrected chi connectivity index (χ4v) is 3.95. The van der Waals surface area contributed by atoms with Gasteiger partial charge in [-0.25, -0.2) is 8.42 Å². The van der Waals surface area contributed by atoms with Gasteiger partial charge in [-0.1, -0.05) is 29.8 Å². The highest BCUT2D eigenvalue weighted by atomic mass is 35.5. The first-order valence-corrected chi connectivity index (χ1v) is 8.76. The molecule has 0 unspecified atom stereocenters. The van der Waals surface area contributed by atoms with Crippen LogP contribution >= 0.6 is 11.6 Å². The van der Waals surface area contributed by atoms with Gasteiger partial charge in [0.1, 0.15) is 5.75 Å². The van der Waals surface area contributed by atoms with Crippen LogP contribution in [0.5, 0.6) is 5.75 Å². The van der Waals surface area contributed by atoms with Gasteiger partial charge in [-0.15, -0.1) is 6.58 Å². The van der Waals surface area contributed by atoms with Gasteiger partial charge in [0.15, 0.2) is 0 Å². The summed E-state index contributed by atoms with van der Waals surface area (Å²) in [5.74, 6) is 0.427. The molecule has 0 aliphatic carbocycles. The molecule has 0 aliphatic heterocycles. The van der Waals surface area contributed by atoms with E-state index >= 15 is 0 Å². The normalized spacial score (nSPS) is 11.1. The molecule has 0 aliphatic rings. The van der Waals surface area contributed by atoms with Crippen molar-refractivity contribution in [3.63, 3.8) is 0 Å². The number of aryl methyl sites for hydroxylation is 1. The zero-order valence-corrected chi connectivity index (χ0v) is 14.6. The fourth-order valence-electron chi connectivity index (χ4n) is 2.18. The first-order valence-electron chi connectivity index (χ1n) is 6.94. The van der Waals surface area contributed by atoms with Gasteiger partial charge in [0, 0.05) is 0 Å². The summed E-state index contributed by atoms with van der Waals surface area (Å²) >= 11 is 6.06. The summed E-state index contributed by atoms with van der Waals surface area (Å²) in [5, 5.41) is 0.247. The Morgan fingerprint density at radius 1 is 1.26 bits per heavy atom. The number of benzene rings is 2. The molecule has 0 fully saturated rings. The van der Waals surface area contributed by atoms with E-state index in [9.17, 15) is 8.42 Å². The molecule has 122 valence electrons. The van der Waals surface area contributed by atoms with E-state index in [0.717, 1.165) is 5.56 Å². The van der Waals surface area contributed by atoms with E-state index in [0.29, 0.717) is 11.4 Å². The number of ether oxygens (including phenoxy) is 1. The minimum Gasteiger partial charge on any atom is -0.495 e. The van der Waals surface area contributed by atoms with Crippen LogP contribution in [0.3, 0.4) is 0 Å². The van der Waals surface area contributed by atoms with Crippen molar-refractivity contribution in [1.29, 1.82) is 0 Å². The molecule has 0 spiro atoms. The predicted molar refractivity (Wildman–Crippen MR) is 93.9 cm³/mol. The van der Waals surface area contributed by atoms with Crippen LogP contribution < -0.4 is 9.04 Å². The lowest BCUT2D eigenvalue weighted by Gasteiger charge is -2.23. The summed E-state index contributed by atoms with van der Waals surface area (Å²) in [5.41, 5.74) is 1.55. The monoisotopic (exact) mass is 351 g/mol. The van der Waals surface area contributed by atoms with E-state index in [-0.39, 0.29) is 16.5 Å². The van der Waals surface area contributed by atoms with E-state index in [1.165, 1.54) is 29.6 Å².